The number of guanidine groups is 1. The van der Waals surface area contributed by atoms with Gasteiger partial charge in [-0.3, -0.25) is 4.99 Å². The third-order valence-corrected chi connectivity index (χ3v) is 6.25. The lowest BCUT2D eigenvalue weighted by Crippen LogP contribution is -2.43. The van der Waals surface area contributed by atoms with Crippen LogP contribution in [-0.4, -0.2) is 45.5 Å². The Balaban J connectivity index is 0.00000392. The molecule has 0 bridgehead atoms. The summed E-state index contributed by atoms with van der Waals surface area (Å²) in [4.78, 5) is 4.76. The minimum atomic E-state index is -2.93. The molecule has 1 unspecified atom stereocenters. The molecule has 0 saturated heterocycles. The maximum absolute atomic E-state index is 11.3. The van der Waals surface area contributed by atoms with Crippen molar-refractivity contribution >= 4 is 39.8 Å². The zero-order chi connectivity index (χ0) is 19.7. The Morgan fingerprint density at radius 2 is 1.82 bits per heavy atom. The number of nitrogens with zero attached hydrogens (tertiary/aromatic N) is 1. The number of benzene rings is 1. The van der Waals surface area contributed by atoms with Crippen LogP contribution >= 0.6 is 24.0 Å². The highest BCUT2D eigenvalue weighted by Crippen LogP contribution is 2.35. The van der Waals surface area contributed by atoms with Gasteiger partial charge in [0, 0.05) is 25.4 Å². The lowest BCUT2D eigenvalue weighted by Gasteiger charge is -2.28. The molecular weight excluding hydrogens is 485 g/mol. The van der Waals surface area contributed by atoms with E-state index in [4.69, 9.17) is 4.99 Å². The molecular formula is C21H36IN3O2S. The Labute approximate surface area is 188 Å². The van der Waals surface area contributed by atoms with Crippen molar-refractivity contribution in [3.8, 4) is 0 Å². The van der Waals surface area contributed by atoms with Gasteiger partial charge >= 0.3 is 0 Å². The van der Waals surface area contributed by atoms with Crippen LogP contribution in [0.2, 0.25) is 0 Å². The Hall–Kier alpha value is -0.830. The number of halogens is 1. The lowest BCUT2D eigenvalue weighted by atomic mass is 9.79. The monoisotopic (exact) mass is 521 g/mol. The van der Waals surface area contributed by atoms with E-state index in [-0.39, 0.29) is 35.8 Å². The van der Waals surface area contributed by atoms with Crippen LogP contribution in [-0.2, 0) is 9.84 Å². The first-order chi connectivity index (χ1) is 12.9. The minimum Gasteiger partial charge on any atom is -0.357 e. The van der Waals surface area contributed by atoms with Crippen LogP contribution in [0.5, 0.6) is 0 Å². The smallest absolute Gasteiger partial charge is 0.191 e. The Morgan fingerprint density at radius 3 is 2.39 bits per heavy atom. The molecule has 1 fully saturated rings. The summed E-state index contributed by atoms with van der Waals surface area (Å²) in [6, 6.07) is 10.9. The normalized spacial score (nSPS) is 21.5. The van der Waals surface area contributed by atoms with Crippen molar-refractivity contribution in [1.82, 2.24) is 10.6 Å². The minimum absolute atomic E-state index is 0. The zero-order valence-electron chi connectivity index (χ0n) is 17.4. The van der Waals surface area contributed by atoms with E-state index in [9.17, 15) is 8.42 Å². The van der Waals surface area contributed by atoms with Crippen LogP contribution in [0.25, 0.3) is 0 Å². The van der Waals surface area contributed by atoms with E-state index in [0.717, 1.165) is 19.0 Å². The highest BCUT2D eigenvalue weighted by atomic mass is 127. The molecule has 0 radical (unpaired) electrons. The van der Waals surface area contributed by atoms with Gasteiger partial charge in [-0.05, 0) is 63.4 Å². The van der Waals surface area contributed by atoms with Gasteiger partial charge in [-0.25, -0.2) is 8.42 Å². The molecule has 1 aromatic rings. The van der Waals surface area contributed by atoms with Crippen molar-refractivity contribution in [2.75, 3.05) is 25.1 Å². The third kappa shape index (κ3) is 9.58. The van der Waals surface area contributed by atoms with E-state index in [2.05, 4.69) is 41.0 Å². The molecule has 1 aliphatic rings. The molecule has 0 aromatic heterocycles. The maximum Gasteiger partial charge on any atom is 0.191 e. The fourth-order valence-corrected chi connectivity index (χ4v) is 4.42. The summed E-state index contributed by atoms with van der Waals surface area (Å²) in [6.07, 6.45) is 6.77. The molecule has 160 valence electrons. The maximum atomic E-state index is 11.3. The van der Waals surface area contributed by atoms with Gasteiger partial charge in [0.15, 0.2) is 5.96 Å². The molecule has 0 heterocycles. The summed E-state index contributed by atoms with van der Waals surface area (Å²) in [6.45, 7) is 5.67. The molecule has 2 N–H and O–H groups in total. The predicted octanol–water partition coefficient (Wildman–Crippen LogP) is 3.96. The number of hydrogen-bond acceptors (Lipinski definition) is 3. The molecule has 5 nitrogen and oxygen atoms in total. The highest BCUT2D eigenvalue weighted by Gasteiger charge is 2.22. The third-order valence-electron chi connectivity index (χ3n) is 5.27. The fraction of sp³-hybridized carbons (Fsp3) is 0.667. The van der Waals surface area contributed by atoms with Crippen LogP contribution in [0, 0.1) is 5.92 Å². The average Bonchev–Trinajstić information content (AvgIpc) is 2.65. The van der Waals surface area contributed by atoms with Crippen molar-refractivity contribution in [1.29, 1.82) is 0 Å². The second-order valence-corrected chi connectivity index (χ2v) is 10.1. The lowest BCUT2D eigenvalue weighted by molar-refractivity contribution is 0.333. The molecule has 0 aliphatic heterocycles. The van der Waals surface area contributed by atoms with Crippen molar-refractivity contribution in [3.63, 3.8) is 0 Å². The zero-order valence-corrected chi connectivity index (χ0v) is 20.5. The molecule has 1 aromatic carbocycles. The van der Waals surface area contributed by atoms with Crippen LogP contribution in [0.1, 0.15) is 57.4 Å². The Bertz CT molecular complexity index is 687. The number of hydrogen-bond donors (Lipinski definition) is 2. The predicted molar refractivity (Wildman–Crippen MR) is 129 cm³/mol. The standard InChI is InChI=1S/C21H35N3O2S.HI/c1-4-22-21(24-17(2)14-15-27(3,25)26)23-16-18-10-12-20(13-11-18)19-8-6-5-7-9-19;/h5-9,17-18,20H,4,10-16H2,1-3H3,(H2,22,23,24);1H. The first kappa shape index (κ1) is 25.2. The fourth-order valence-electron chi connectivity index (χ4n) is 3.64. The van der Waals surface area contributed by atoms with Crippen molar-refractivity contribution in [2.45, 2.75) is 57.9 Å². The van der Waals surface area contributed by atoms with Gasteiger partial charge in [-0.15, -0.1) is 24.0 Å². The summed E-state index contributed by atoms with van der Waals surface area (Å²) in [5, 5.41) is 6.61. The molecule has 0 spiro atoms. The topological polar surface area (TPSA) is 70.6 Å². The van der Waals surface area contributed by atoms with Gasteiger partial charge in [0.1, 0.15) is 9.84 Å². The molecule has 1 aliphatic carbocycles. The van der Waals surface area contributed by atoms with E-state index in [1.165, 1.54) is 37.5 Å². The van der Waals surface area contributed by atoms with E-state index in [0.29, 0.717) is 18.3 Å². The van der Waals surface area contributed by atoms with E-state index < -0.39 is 9.84 Å². The van der Waals surface area contributed by atoms with Crippen LogP contribution < -0.4 is 10.6 Å². The van der Waals surface area contributed by atoms with Crippen molar-refractivity contribution < 1.29 is 8.42 Å². The summed E-state index contributed by atoms with van der Waals surface area (Å²) >= 11 is 0. The SMILES string of the molecule is CCNC(=NCC1CCC(c2ccccc2)CC1)NC(C)CCS(C)(=O)=O.I. The summed E-state index contributed by atoms with van der Waals surface area (Å²) in [5.74, 6) is 2.31. The number of rotatable bonds is 8. The Kier molecular flexibility index (Phi) is 11.4. The largest absolute Gasteiger partial charge is 0.357 e. The quantitative estimate of drug-likeness (QED) is 0.309. The first-order valence-electron chi connectivity index (χ1n) is 10.1. The van der Waals surface area contributed by atoms with Gasteiger partial charge in [0.25, 0.3) is 0 Å². The van der Waals surface area contributed by atoms with Crippen molar-refractivity contribution in [2.24, 2.45) is 10.9 Å². The van der Waals surface area contributed by atoms with E-state index in [1.807, 2.05) is 13.8 Å². The van der Waals surface area contributed by atoms with Gasteiger partial charge in [0.05, 0.1) is 5.75 Å². The van der Waals surface area contributed by atoms with Gasteiger partial charge < -0.3 is 10.6 Å². The highest BCUT2D eigenvalue weighted by molar-refractivity contribution is 14.0. The number of sulfone groups is 1. The van der Waals surface area contributed by atoms with E-state index in [1.54, 1.807) is 0 Å². The molecule has 2 rings (SSSR count). The second-order valence-electron chi connectivity index (χ2n) is 7.81. The van der Waals surface area contributed by atoms with Gasteiger partial charge in [0.2, 0.25) is 0 Å². The van der Waals surface area contributed by atoms with Crippen LogP contribution in [0.4, 0.5) is 0 Å². The van der Waals surface area contributed by atoms with Crippen molar-refractivity contribution in [3.05, 3.63) is 35.9 Å². The molecule has 7 heteroatoms. The number of aliphatic imine (C=N–C) groups is 1. The summed E-state index contributed by atoms with van der Waals surface area (Å²) in [5.41, 5.74) is 1.47. The first-order valence-corrected chi connectivity index (χ1v) is 12.2. The Morgan fingerprint density at radius 1 is 1.18 bits per heavy atom. The van der Waals surface area contributed by atoms with E-state index >= 15 is 0 Å². The summed E-state index contributed by atoms with van der Waals surface area (Å²) in [7, 11) is -2.93. The summed E-state index contributed by atoms with van der Waals surface area (Å²) < 4.78 is 22.7. The molecule has 28 heavy (non-hydrogen) atoms. The van der Waals surface area contributed by atoms with Gasteiger partial charge in [-0.2, -0.15) is 0 Å². The number of nitrogens with one attached hydrogen (secondary N) is 2. The van der Waals surface area contributed by atoms with Crippen LogP contribution in [0.3, 0.4) is 0 Å². The van der Waals surface area contributed by atoms with Gasteiger partial charge in [-0.1, -0.05) is 30.3 Å². The van der Waals surface area contributed by atoms with Crippen LogP contribution in [0.15, 0.2) is 35.3 Å². The molecule has 0 amide bonds. The molecule has 1 atom stereocenters. The molecule has 1 saturated carbocycles. The average molecular weight is 522 g/mol. The second kappa shape index (κ2) is 12.7.